The maximum atomic E-state index is 13.3. The van der Waals surface area contributed by atoms with Gasteiger partial charge in [-0.05, 0) is 73.9 Å². The highest BCUT2D eigenvalue weighted by atomic mass is 32.2. The van der Waals surface area contributed by atoms with Gasteiger partial charge in [0.15, 0.2) is 9.84 Å². The largest absolute Gasteiger partial charge is 0.416 e. The molecule has 3 rings (SSSR count). The van der Waals surface area contributed by atoms with Crippen LogP contribution >= 0.6 is 11.8 Å². The molecule has 0 aromatic heterocycles. The first-order chi connectivity index (χ1) is 18.3. The molecular formula is C27H34F3N3O4S2. The summed E-state index contributed by atoms with van der Waals surface area (Å²) in [5.41, 5.74) is -1.17. The fourth-order valence-corrected chi connectivity index (χ4v) is 6.86. The molecule has 2 aromatic carbocycles. The summed E-state index contributed by atoms with van der Waals surface area (Å²) in [6.07, 6.45) is -0.865. The van der Waals surface area contributed by atoms with E-state index in [4.69, 9.17) is 0 Å². The number of nitrogens with one attached hydrogen (secondary N) is 3. The van der Waals surface area contributed by atoms with Gasteiger partial charge in [0, 0.05) is 28.6 Å². The maximum Gasteiger partial charge on any atom is 0.416 e. The Morgan fingerprint density at radius 1 is 1.08 bits per heavy atom. The first-order valence-corrected chi connectivity index (χ1v) is 15.5. The summed E-state index contributed by atoms with van der Waals surface area (Å²) in [7, 11) is -3.63. The Labute approximate surface area is 231 Å². The third-order valence-electron chi connectivity index (χ3n) is 6.61. The van der Waals surface area contributed by atoms with Gasteiger partial charge in [0.25, 0.3) is 5.91 Å². The Bertz CT molecular complexity index is 1250. The molecule has 0 saturated heterocycles. The van der Waals surface area contributed by atoms with Crippen LogP contribution in [0, 0.1) is 5.92 Å². The van der Waals surface area contributed by atoms with Crippen LogP contribution in [0.25, 0.3) is 0 Å². The van der Waals surface area contributed by atoms with Crippen LogP contribution in [-0.2, 0) is 20.8 Å². The van der Waals surface area contributed by atoms with Crippen LogP contribution in [0.4, 0.5) is 13.2 Å². The molecule has 214 valence electrons. The fourth-order valence-electron chi connectivity index (χ4n) is 4.78. The van der Waals surface area contributed by atoms with Crippen LogP contribution in [0.1, 0.15) is 49.0 Å². The van der Waals surface area contributed by atoms with Gasteiger partial charge in [-0.1, -0.05) is 19.9 Å². The van der Waals surface area contributed by atoms with E-state index in [0.717, 1.165) is 29.5 Å². The van der Waals surface area contributed by atoms with Crippen molar-refractivity contribution in [3.05, 3.63) is 59.7 Å². The molecule has 39 heavy (non-hydrogen) atoms. The predicted molar refractivity (Wildman–Crippen MR) is 145 cm³/mol. The van der Waals surface area contributed by atoms with Crippen molar-refractivity contribution in [3.8, 4) is 0 Å². The molecule has 1 aliphatic rings. The van der Waals surface area contributed by atoms with Gasteiger partial charge < -0.3 is 16.0 Å². The van der Waals surface area contributed by atoms with E-state index in [1.165, 1.54) is 17.8 Å². The van der Waals surface area contributed by atoms with E-state index >= 15 is 0 Å². The summed E-state index contributed by atoms with van der Waals surface area (Å²) < 4.78 is 65.4. The molecule has 0 bridgehead atoms. The van der Waals surface area contributed by atoms with Gasteiger partial charge in [0.05, 0.1) is 22.8 Å². The van der Waals surface area contributed by atoms with Gasteiger partial charge in [-0.15, -0.1) is 11.8 Å². The van der Waals surface area contributed by atoms with Gasteiger partial charge >= 0.3 is 6.18 Å². The van der Waals surface area contributed by atoms with Gasteiger partial charge in [-0.2, -0.15) is 13.2 Å². The topological polar surface area (TPSA) is 104 Å². The third-order valence-corrected chi connectivity index (χ3v) is 9.21. The normalized spacial score (nSPS) is 20.0. The minimum atomic E-state index is -4.59. The molecule has 0 aliphatic heterocycles. The van der Waals surface area contributed by atoms with Crippen molar-refractivity contribution in [2.75, 3.05) is 18.6 Å². The number of amides is 2. The molecule has 3 N–H and O–H groups in total. The fraction of sp³-hybridized carbons (Fsp3) is 0.481. The minimum Gasteiger partial charge on any atom is -0.352 e. The van der Waals surface area contributed by atoms with Gasteiger partial charge in [-0.3, -0.25) is 9.59 Å². The predicted octanol–water partition coefficient (Wildman–Crippen LogP) is 4.28. The number of hydrogen-bond acceptors (Lipinski definition) is 6. The molecule has 1 fully saturated rings. The summed E-state index contributed by atoms with van der Waals surface area (Å²) >= 11 is 1.51. The van der Waals surface area contributed by atoms with Crippen LogP contribution in [0.3, 0.4) is 0 Å². The standard InChI is InChI=1S/C27H34F3N3O4S2/c1-17(2)32-21-7-12-24(19(14-21)16-39(36,37)23-10-8-22(38-3)9-11-23)33-25(34)15-31-26(35)18-5-4-6-20(13-18)27(28,29)30/h4-6,8-11,13,17,19,21,24,32H,7,12,14-16H2,1-3H3,(H,31,35)(H,33,34)/t19-,21+,24-/m0/s1. The summed E-state index contributed by atoms with van der Waals surface area (Å²) in [6, 6.07) is 10.5. The second-order valence-electron chi connectivity index (χ2n) is 9.98. The molecule has 0 heterocycles. The molecule has 0 radical (unpaired) electrons. The van der Waals surface area contributed by atoms with Crippen molar-refractivity contribution in [3.63, 3.8) is 0 Å². The van der Waals surface area contributed by atoms with Crippen LogP contribution in [0.2, 0.25) is 0 Å². The van der Waals surface area contributed by atoms with Crippen molar-refractivity contribution < 1.29 is 31.2 Å². The van der Waals surface area contributed by atoms with E-state index in [-0.39, 0.29) is 34.2 Å². The lowest BCUT2D eigenvalue weighted by Crippen LogP contribution is -2.52. The number of halogens is 3. The van der Waals surface area contributed by atoms with Crippen molar-refractivity contribution in [1.82, 2.24) is 16.0 Å². The molecule has 0 unspecified atom stereocenters. The van der Waals surface area contributed by atoms with Crippen LogP contribution in [-0.4, -0.2) is 56.9 Å². The zero-order chi connectivity index (χ0) is 28.8. The van der Waals surface area contributed by atoms with Crippen molar-refractivity contribution in [1.29, 1.82) is 0 Å². The van der Waals surface area contributed by atoms with Crippen molar-refractivity contribution in [2.45, 2.75) is 67.2 Å². The maximum absolute atomic E-state index is 13.3. The van der Waals surface area contributed by atoms with Crippen LogP contribution < -0.4 is 16.0 Å². The molecule has 1 aliphatic carbocycles. The number of benzene rings is 2. The molecule has 7 nitrogen and oxygen atoms in total. The number of carbonyl (C=O) groups is 2. The van der Waals surface area contributed by atoms with Gasteiger partial charge in [0.1, 0.15) is 0 Å². The average Bonchev–Trinajstić information content (AvgIpc) is 2.88. The second kappa shape index (κ2) is 13.2. The summed E-state index contributed by atoms with van der Waals surface area (Å²) in [5.74, 6) is -1.87. The lowest BCUT2D eigenvalue weighted by atomic mass is 9.82. The minimum absolute atomic E-state index is 0.0952. The summed E-state index contributed by atoms with van der Waals surface area (Å²) in [5, 5.41) is 8.65. The lowest BCUT2D eigenvalue weighted by Gasteiger charge is -2.37. The van der Waals surface area contributed by atoms with Crippen molar-refractivity contribution >= 4 is 33.4 Å². The van der Waals surface area contributed by atoms with E-state index in [0.29, 0.717) is 12.8 Å². The first-order valence-electron chi connectivity index (χ1n) is 12.7. The van der Waals surface area contributed by atoms with Crippen LogP contribution in [0.15, 0.2) is 58.3 Å². The van der Waals surface area contributed by atoms with E-state index in [1.54, 1.807) is 24.3 Å². The molecule has 1 saturated carbocycles. The Morgan fingerprint density at radius 2 is 1.77 bits per heavy atom. The first kappa shape index (κ1) is 31.0. The number of alkyl halides is 3. The Balaban J connectivity index is 1.67. The van der Waals surface area contributed by atoms with E-state index in [1.807, 2.05) is 20.1 Å². The number of thioether (sulfide) groups is 1. The van der Waals surface area contributed by atoms with Gasteiger partial charge in [0.2, 0.25) is 5.91 Å². The highest BCUT2D eigenvalue weighted by Crippen LogP contribution is 2.30. The second-order valence-corrected chi connectivity index (χ2v) is 12.9. The van der Waals surface area contributed by atoms with Crippen molar-refractivity contribution in [2.24, 2.45) is 5.92 Å². The SMILES string of the molecule is CSc1ccc(S(=O)(=O)C[C@@H]2C[C@H](NC(C)C)CC[C@@H]2NC(=O)CNC(=O)c2cccc(C(F)(F)F)c2)cc1. The smallest absolute Gasteiger partial charge is 0.352 e. The summed E-state index contributed by atoms with van der Waals surface area (Å²) in [4.78, 5) is 26.3. The van der Waals surface area contributed by atoms with E-state index < -0.39 is 46.0 Å². The molecule has 12 heteroatoms. The third kappa shape index (κ3) is 8.97. The Hall–Kier alpha value is -2.57. The Morgan fingerprint density at radius 3 is 2.38 bits per heavy atom. The van der Waals surface area contributed by atoms with Crippen LogP contribution in [0.5, 0.6) is 0 Å². The lowest BCUT2D eigenvalue weighted by molar-refractivity contribution is -0.137. The van der Waals surface area contributed by atoms with E-state index in [9.17, 15) is 31.2 Å². The molecular weight excluding hydrogens is 551 g/mol. The number of carbonyl (C=O) groups excluding carboxylic acids is 2. The molecule has 2 amide bonds. The molecule has 3 atom stereocenters. The zero-order valence-corrected chi connectivity index (χ0v) is 23.7. The number of rotatable bonds is 10. The quantitative estimate of drug-likeness (QED) is 0.360. The monoisotopic (exact) mass is 585 g/mol. The number of sulfone groups is 1. The number of hydrogen-bond donors (Lipinski definition) is 3. The zero-order valence-electron chi connectivity index (χ0n) is 22.0. The van der Waals surface area contributed by atoms with E-state index in [2.05, 4.69) is 16.0 Å². The molecule has 2 aromatic rings. The molecule has 0 spiro atoms. The van der Waals surface area contributed by atoms with Gasteiger partial charge in [-0.25, -0.2) is 8.42 Å². The highest BCUT2D eigenvalue weighted by molar-refractivity contribution is 7.98. The highest BCUT2D eigenvalue weighted by Gasteiger charge is 2.35. The summed E-state index contributed by atoms with van der Waals surface area (Å²) in [6.45, 7) is 3.58. The Kier molecular flexibility index (Phi) is 10.5. The average molecular weight is 586 g/mol.